The molecule has 0 saturated carbocycles. The summed E-state index contributed by atoms with van der Waals surface area (Å²) in [4.78, 5) is 10.5. The van der Waals surface area contributed by atoms with E-state index in [1.807, 2.05) is 0 Å². The molecule has 0 fully saturated rings. The molecule has 0 saturated heterocycles. The Hall–Kier alpha value is -1.87. The zero-order valence-electron chi connectivity index (χ0n) is 10.4. The van der Waals surface area contributed by atoms with Gasteiger partial charge in [0.05, 0.1) is 13.3 Å². The lowest BCUT2D eigenvalue weighted by Gasteiger charge is -2.11. The Morgan fingerprint density at radius 2 is 2.30 bits per heavy atom. The highest BCUT2D eigenvalue weighted by atomic mass is 79.9. The second-order valence-corrected chi connectivity index (χ2v) is 4.74. The molecule has 7 nitrogen and oxygen atoms in total. The lowest BCUT2D eigenvalue weighted by atomic mass is 10.2. The molecule has 20 heavy (non-hydrogen) atoms. The van der Waals surface area contributed by atoms with E-state index in [1.165, 1.54) is 13.3 Å². The molecule has 0 heterocycles. The molecule has 0 atom stereocenters. The van der Waals surface area contributed by atoms with Crippen LogP contribution in [0.1, 0.15) is 5.56 Å². The molecule has 0 aromatic heterocycles. The summed E-state index contributed by atoms with van der Waals surface area (Å²) in [6.07, 6.45) is 1.48. The zero-order chi connectivity index (χ0) is 15.1. The fourth-order valence-corrected chi connectivity index (χ4v) is 1.70. The Balaban J connectivity index is 2.97. The summed E-state index contributed by atoms with van der Waals surface area (Å²) < 4.78 is 10.9. The van der Waals surface area contributed by atoms with Crippen molar-refractivity contribution in [2.24, 2.45) is 10.8 Å². The monoisotopic (exact) mass is 361 g/mol. The van der Waals surface area contributed by atoms with Crippen LogP contribution < -0.4 is 20.6 Å². The van der Waals surface area contributed by atoms with Crippen LogP contribution in [-0.4, -0.2) is 36.1 Å². The van der Waals surface area contributed by atoms with Crippen LogP contribution in [0.5, 0.6) is 11.5 Å². The Kier molecular flexibility index (Phi) is 6.19. The number of carbonyl (C=O) groups is 1. The van der Waals surface area contributed by atoms with Crippen molar-refractivity contribution in [3.05, 3.63) is 22.2 Å². The fourth-order valence-electron chi connectivity index (χ4n) is 1.23. The molecule has 0 aliphatic heterocycles. The van der Waals surface area contributed by atoms with Crippen LogP contribution in [0.15, 0.2) is 21.7 Å². The maximum absolute atomic E-state index is 10.5. The standard InChI is InChI=1S/C11H12BrN3O4S/c1-18-8-2-6(4-14-15-11(13)20)7(12)3-9(8)19-5-10(16)17/h2-4H,5H2,1H3,(H,16,17)(H3,13,15,20)/b14-4-. The molecule has 0 amide bonds. The summed E-state index contributed by atoms with van der Waals surface area (Å²) in [6.45, 7) is -0.459. The van der Waals surface area contributed by atoms with Gasteiger partial charge in [0.25, 0.3) is 0 Å². The van der Waals surface area contributed by atoms with E-state index < -0.39 is 12.6 Å². The van der Waals surface area contributed by atoms with Crippen LogP contribution in [0, 0.1) is 0 Å². The average Bonchev–Trinajstić information content (AvgIpc) is 2.37. The molecule has 0 unspecified atom stereocenters. The molecule has 0 bridgehead atoms. The highest BCUT2D eigenvalue weighted by Crippen LogP contribution is 2.32. The van der Waals surface area contributed by atoms with Crippen LogP contribution in [0.2, 0.25) is 0 Å². The highest BCUT2D eigenvalue weighted by molar-refractivity contribution is 9.10. The van der Waals surface area contributed by atoms with Gasteiger partial charge in [-0.3, -0.25) is 5.43 Å². The number of rotatable bonds is 6. The molecule has 1 aromatic rings. The number of benzene rings is 1. The van der Waals surface area contributed by atoms with Crippen molar-refractivity contribution in [2.45, 2.75) is 0 Å². The number of nitrogens with one attached hydrogen (secondary N) is 1. The number of aliphatic carboxylic acids is 1. The number of hydrogen-bond donors (Lipinski definition) is 3. The van der Waals surface area contributed by atoms with E-state index in [0.717, 1.165) is 0 Å². The maximum Gasteiger partial charge on any atom is 0.341 e. The zero-order valence-corrected chi connectivity index (χ0v) is 12.8. The van der Waals surface area contributed by atoms with Gasteiger partial charge in [-0.15, -0.1) is 0 Å². The number of nitrogens with two attached hydrogens (primary N) is 1. The Labute approximate surface area is 128 Å². The number of carboxylic acids is 1. The van der Waals surface area contributed by atoms with Crippen molar-refractivity contribution >= 4 is 45.4 Å². The molecular formula is C11H12BrN3O4S. The SMILES string of the molecule is COc1cc(/C=N\NC(N)=S)c(Br)cc1OCC(=O)O. The van der Waals surface area contributed by atoms with Gasteiger partial charge in [0.2, 0.25) is 0 Å². The molecule has 4 N–H and O–H groups in total. The number of carboxylic acid groups (broad SMARTS) is 1. The summed E-state index contributed by atoms with van der Waals surface area (Å²) in [6, 6.07) is 3.22. The smallest absolute Gasteiger partial charge is 0.341 e. The lowest BCUT2D eigenvalue weighted by molar-refractivity contribution is -0.139. The van der Waals surface area contributed by atoms with Gasteiger partial charge in [0.15, 0.2) is 23.2 Å². The van der Waals surface area contributed by atoms with Crippen LogP contribution in [-0.2, 0) is 4.79 Å². The van der Waals surface area contributed by atoms with Gasteiger partial charge < -0.3 is 20.3 Å². The first-order valence-electron chi connectivity index (χ1n) is 5.24. The van der Waals surface area contributed by atoms with E-state index in [0.29, 0.717) is 21.5 Å². The predicted molar refractivity (Wildman–Crippen MR) is 81.3 cm³/mol. The number of hydrogen-bond acceptors (Lipinski definition) is 5. The van der Waals surface area contributed by atoms with Crippen molar-refractivity contribution in [3.8, 4) is 11.5 Å². The third kappa shape index (κ3) is 5.02. The molecule has 0 radical (unpaired) electrons. The third-order valence-corrected chi connectivity index (χ3v) is 2.79. The van der Waals surface area contributed by atoms with Gasteiger partial charge in [-0.05, 0) is 40.3 Å². The van der Waals surface area contributed by atoms with Gasteiger partial charge in [-0.2, -0.15) is 5.10 Å². The van der Waals surface area contributed by atoms with E-state index >= 15 is 0 Å². The first kappa shape index (κ1) is 16.2. The molecular weight excluding hydrogens is 350 g/mol. The summed E-state index contributed by atoms with van der Waals surface area (Å²) in [7, 11) is 1.45. The van der Waals surface area contributed by atoms with E-state index in [-0.39, 0.29) is 5.11 Å². The predicted octanol–water partition coefficient (Wildman–Crippen LogP) is 1.09. The van der Waals surface area contributed by atoms with E-state index in [2.05, 4.69) is 38.7 Å². The number of hydrazone groups is 1. The van der Waals surface area contributed by atoms with E-state index in [4.69, 9.17) is 20.3 Å². The van der Waals surface area contributed by atoms with Crippen LogP contribution in [0.25, 0.3) is 0 Å². The molecule has 9 heteroatoms. The van der Waals surface area contributed by atoms with E-state index in [9.17, 15) is 4.79 Å². The number of halogens is 1. The second kappa shape index (κ2) is 7.65. The number of thiocarbonyl (C=S) groups is 1. The molecule has 0 aliphatic carbocycles. The number of methoxy groups -OCH3 is 1. The van der Waals surface area contributed by atoms with Gasteiger partial charge >= 0.3 is 5.97 Å². The summed E-state index contributed by atoms with van der Waals surface area (Å²) in [5, 5.41) is 12.5. The minimum Gasteiger partial charge on any atom is -0.493 e. The van der Waals surface area contributed by atoms with Crippen LogP contribution in [0.3, 0.4) is 0 Å². The topological polar surface area (TPSA) is 106 Å². The Bertz CT molecular complexity index is 551. The normalized spacial score (nSPS) is 10.3. The van der Waals surface area contributed by atoms with Gasteiger partial charge in [0, 0.05) is 10.0 Å². The first-order chi connectivity index (χ1) is 9.43. The van der Waals surface area contributed by atoms with Crippen molar-refractivity contribution in [1.82, 2.24) is 5.43 Å². The van der Waals surface area contributed by atoms with Gasteiger partial charge in [-0.25, -0.2) is 4.79 Å². The largest absolute Gasteiger partial charge is 0.493 e. The highest BCUT2D eigenvalue weighted by Gasteiger charge is 2.10. The van der Waals surface area contributed by atoms with E-state index in [1.54, 1.807) is 12.1 Å². The first-order valence-corrected chi connectivity index (χ1v) is 6.44. The molecule has 108 valence electrons. The van der Waals surface area contributed by atoms with Gasteiger partial charge in [0.1, 0.15) is 0 Å². The average molecular weight is 362 g/mol. The molecule has 1 rings (SSSR count). The quantitative estimate of drug-likeness (QED) is 0.395. The van der Waals surface area contributed by atoms with Crippen molar-refractivity contribution < 1.29 is 19.4 Å². The molecule has 0 aliphatic rings. The lowest BCUT2D eigenvalue weighted by Crippen LogP contribution is -2.24. The van der Waals surface area contributed by atoms with Crippen molar-refractivity contribution in [3.63, 3.8) is 0 Å². The molecule has 1 aromatic carbocycles. The summed E-state index contributed by atoms with van der Waals surface area (Å²) >= 11 is 7.93. The third-order valence-electron chi connectivity index (χ3n) is 2.01. The van der Waals surface area contributed by atoms with Crippen LogP contribution in [0.4, 0.5) is 0 Å². The second-order valence-electron chi connectivity index (χ2n) is 3.44. The maximum atomic E-state index is 10.5. The number of nitrogens with zero attached hydrogens (tertiary/aromatic N) is 1. The fraction of sp³-hybridized carbons (Fsp3) is 0.182. The Morgan fingerprint density at radius 3 is 2.85 bits per heavy atom. The van der Waals surface area contributed by atoms with Gasteiger partial charge in [-0.1, -0.05) is 0 Å². The Morgan fingerprint density at radius 1 is 1.60 bits per heavy atom. The molecule has 0 spiro atoms. The minimum absolute atomic E-state index is 0.0470. The van der Waals surface area contributed by atoms with Crippen molar-refractivity contribution in [1.29, 1.82) is 0 Å². The van der Waals surface area contributed by atoms with Crippen LogP contribution >= 0.6 is 28.1 Å². The number of ether oxygens (including phenoxy) is 2. The van der Waals surface area contributed by atoms with Crippen molar-refractivity contribution in [2.75, 3.05) is 13.7 Å². The minimum atomic E-state index is -1.07. The summed E-state index contributed by atoms with van der Waals surface area (Å²) in [5.41, 5.74) is 8.33. The summed E-state index contributed by atoms with van der Waals surface area (Å²) in [5.74, 6) is -0.387.